The van der Waals surface area contributed by atoms with Crippen LogP contribution in [0.25, 0.3) is 11.3 Å². The molecule has 2 saturated heterocycles. The number of aromatic carboxylic acids is 1. The van der Waals surface area contributed by atoms with Gasteiger partial charge in [0.15, 0.2) is 16.6 Å². The van der Waals surface area contributed by atoms with E-state index in [9.17, 15) is 19.2 Å². The highest BCUT2D eigenvalue weighted by Gasteiger charge is 2.32. The van der Waals surface area contributed by atoms with Gasteiger partial charge in [-0.3, -0.25) is 19.7 Å². The van der Waals surface area contributed by atoms with Gasteiger partial charge in [0, 0.05) is 97.3 Å². The molecule has 2 fully saturated rings. The van der Waals surface area contributed by atoms with E-state index in [1.54, 1.807) is 68.3 Å². The number of rotatable bonds is 9. The zero-order valence-electron chi connectivity index (χ0n) is 41.8. The van der Waals surface area contributed by atoms with E-state index in [0.717, 1.165) is 86.8 Å². The zero-order valence-corrected chi connectivity index (χ0v) is 44.3. The molecular formula is C55H54ClN13O5S2. The molecule has 2 amide bonds. The lowest BCUT2D eigenvalue weighted by Gasteiger charge is -2.24. The summed E-state index contributed by atoms with van der Waals surface area (Å²) in [5, 5.41) is 34.5. The number of amides is 2. The number of halogens is 1. The van der Waals surface area contributed by atoms with Gasteiger partial charge in [-0.2, -0.15) is 10.5 Å². The summed E-state index contributed by atoms with van der Waals surface area (Å²) in [6.45, 7) is 5.54. The van der Waals surface area contributed by atoms with E-state index >= 15 is 0 Å². The average molecular weight is 1080 g/mol. The minimum absolute atomic E-state index is 0. The fourth-order valence-electron chi connectivity index (χ4n) is 9.84. The van der Waals surface area contributed by atoms with Crippen LogP contribution in [0.1, 0.15) is 128 Å². The molecule has 4 aliphatic heterocycles. The molecule has 0 bridgehead atoms. The van der Waals surface area contributed by atoms with E-state index in [2.05, 4.69) is 61.6 Å². The first-order valence-corrected chi connectivity index (χ1v) is 26.4. The third-order valence-electron chi connectivity index (χ3n) is 13.8. The first kappa shape index (κ1) is 53.1. The number of hydrogen-bond acceptors (Lipinski definition) is 15. The highest BCUT2D eigenvalue weighted by atomic mass is 35.5. The van der Waals surface area contributed by atoms with Gasteiger partial charge in [0.2, 0.25) is 0 Å². The van der Waals surface area contributed by atoms with Crippen LogP contribution in [-0.2, 0) is 32.4 Å². The molecule has 388 valence electrons. The number of carboxylic acid groups (broad SMARTS) is 1. The van der Waals surface area contributed by atoms with Gasteiger partial charge >= 0.3 is 5.97 Å². The minimum Gasteiger partial charge on any atom is -0.476 e. The number of benzene rings is 2. The molecule has 3 N–H and O–H groups in total. The van der Waals surface area contributed by atoms with Gasteiger partial charge in [0.1, 0.15) is 22.0 Å². The van der Waals surface area contributed by atoms with E-state index in [0.29, 0.717) is 63.4 Å². The second kappa shape index (κ2) is 23.5. The number of likely N-dealkylation sites (N-methyl/N-ethyl adjacent to an activating group) is 2. The highest BCUT2D eigenvalue weighted by Crippen LogP contribution is 2.35. The van der Waals surface area contributed by atoms with Gasteiger partial charge in [0.05, 0.1) is 47.1 Å². The summed E-state index contributed by atoms with van der Waals surface area (Å²) in [5.74, 6) is -1.24. The summed E-state index contributed by atoms with van der Waals surface area (Å²) in [6, 6.07) is 26.4. The number of Topliss-reactive ketones (excluding diaryl/α,β-unsaturated/α-hetero) is 1. The number of ketones is 1. The number of nitriles is 2. The SMILES string of the molecule is CN1CCc2nc(CC(=O)c3cccc([C@H]4CCCN4C(=O)c4cn5ccc(C#N)cc5n4)c3)sc2C1.CN1CCc2nc(NC(=O)c3cccc([C@H]4CCCN4)c3)sc2C1.Cl.N#Cc1ccn2cc(C(=O)O)nc2c1. The monoisotopic (exact) mass is 1080 g/mol. The highest BCUT2D eigenvalue weighted by molar-refractivity contribution is 7.16. The van der Waals surface area contributed by atoms with E-state index < -0.39 is 5.97 Å². The van der Waals surface area contributed by atoms with Gasteiger partial charge in [-0.25, -0.2) is 24.7 Å². The Labute approximate surface area is 452 Å². The maximum atomic E-state index is 13.4. The number of likely N-dealkylation sites (tertiary alicyclic amines) is 1. The molecule has 4 aliphatic rings. The fourth-order valence-corrected chi connectivity index (χ4v) is 12.1. The molecule has 12 rings (SSSR count). The topological polar surface area (TPSA) is 230 Å². The number of nitrogens with one attached hydrogen (secondary N) is 2. The van der Waals surface area contributed by atoms with Crippen LogP contribution in [0.5, 0.6) is 0 Å². The lowest BCUT2D eigenvalue weighted by Crippen LogP contribution is -2.30. The van der Waals surface area contributed by atoms with Crippen LogP contribution in [-0.4, -0.2) is 112 Å². The summed E-state index contributed by atoms with van der Waals surface area (Å²) in [7, 11) is 4.22. The van der Waals surface area contributed by atoms with Crippen molar-refractivity contribution in [1.29, 1.82) is 10.5 Å². The summed E-state index contributed by atoms with van der Waals surface area (Å²) in [5.41, 5.74) is 8.10. The number of hydrogen-bond donors (Lipinski definition) is 3. The summed E-state index contributed by atoms with van der Waals surface area (Å²) in [6.07, 6.45) is 12.7. The van der Waals surface area contributed by atoms with Crippen molar-refractivity contribution >= 4 is 75.1 Å². The van der Waals surface area contributed by atoms with Crippen molar-refractivity contribution in [2.24, 2.45) is 0 Å². The van der Waals surface area contributed by atoms with Gasteiger partial charge < -0.3 is 33.9 Å². The van der Waals surface area contributed by atoms with Crippen molar-refractivity contribution < 1.29 is 24.3 Å². The maximum absolute atomic E-state index is 13.4. The Morgan fingerprint density at radius 1 is 0.737 bits per heavy atom. The molecule has 2 aromatic carbocycles. The molecule has 21 heteroatoms. The quantitative estimate of drug-likeness (QED) is 0.116. The van der Waals surface area contributed by atoms with Gasteiger partial charge in [-0.05, 0) is 99.9 Å². The Bertz CT molecular complexity index is 3570. The lowest BCUT2D eigenvalue weighted by atomic mass is 9.99. The molecule has 0 radical (unpaired) electrons. The Hall–Kier alpha value is -7.69. The predicted octanol–water partition coefficient (Wildman–Crippen LogP) is 8.19. The van der Waals surface area contributed by atoms with E-state index in [1.807, 2.05) is 53.4 Å². The number of thiazole rings is 2. The molecule has 6 aromatic heterocycles. The Kier molecular flexibility index (Phi) is 16.4. The van der Waals surface area contributed by atoms with Gasteiger partial charge in [0.25, 0.3) is 11.8 Å². The number of imidazole rings is 2. The van der Waals surface area contributed by atoms with Gasteiger partial charge in [-0.1, -0.05) is 30.3 Å². The number of pyridine rings is 2. The number of carboxylic acids is 1. The van der Waals surface area contributed by atoms with Crippen LogP contribution in [0.4, 0.5) is 5.13 Å². The second-order valence-corrected chi connectivity index (χ2v) is 21.3. The number of carbonyl (C=O) groups excluding carboxylic acids is 3. The number of fused-ring (bicyclic) bond motifs is 4. The number of nitrogens with zero attached hydrogens (tertiary/aromatic N) is 11. The first-order chi connectivity index (χ1) is 36.4. The normalized spacial score (nSPS) is 17.0. The van der Waals surface area contributed by atoms with Crippen LogP contribution in [0.2, 0.25) is 0 Å². The van der Waals surface area contributed by atoms with Crippen LogP contribution >= 0.6 is 35.1 Å². The molecular weight excluding hydrogens is 1020 g/mol. The predicted molar refractivity (Wildman–Crippen MR) is 290 cm³/mol. The number of anilines is 1. The van der Waals surface area contributed by atoms with E-state index in [-0.39, 0.29) is 41.7 Å². The Morgan fingerprint density at radius 3 is 2.01 bits per heavy atom. The Balaban J connectivity index is 0.000000154. The fraction of sp³-hybridized carbons (Fsp3) is 0.309. The Morgan fingerprint density at radius 2 is 1.36 bits per heavy atom. The van der Waals surface area contributed by atoms with Gasteiger partial charge in [-0.15, -0.1) is 35.1 Å². The second-order valence-electron chi connectivity index (χ2n) is 19.1. The van der Waals surface area contributed by atoms with E-state index in [4.69, 9.17) is 20.6 Å². The van der Waals surface area contributed by atoms with Crippen molar-refractivity contribution in [2.45, 2.75) is 70.1 Å². The smallest absolute Gasteiger partial charge is 0.356 e. The molecule has 10 heterocycles. The molecule has 18 nitrogen and oxygen atoms in total. The standard InChI is InChI=1S/C28H26N6O2S.C18H22N4OS.C9H5N3O2.ClH/c1-32-10-8-21-25(17-32)37-27(31-21)14-24(35)20-5-2-4-19(13-20)23-6-3-9-34(23)28(36)22-16-33-11-7-18(15-29)12-26(33)30-22;1-22-9-7-15-16(11-22)24-18(20-15)21-17(23)13-5-2-4-12(10-13)14-6-3-8-19-14;10-4-6-1-2-12-5-7(9(13)14)11-8(12)3-6;/h2,4-5,7,11-13,16,23H,3,6,8-10,14,17H2,1H3;2,4-5,10,14,19H,3,6-9,11H2,1H3,(H,20,21,23);1-3,5H,(H,13,14);1H/t23-;14-;;/m11../s1. The van der Waals surface area contributed by atoms with Crippen molar-refractivity contribution in [2.75, 3.05) is 45.6 Å². The molecule has 0 spiro atoms. The third-order valence-corrected chi connectivity index (χ3v) is 15.8. The first-order valence-electron chi connectivity index (χ1n) is 24.8. The molecule has 76 heavy (non-hydrogen) atoms. The minimum atomic E-state index is -1.08. The van der Waals surface area contributed by atoms with Crippen LogP contribution < -0.4 is 10.6 Å². The van der Waals surface area contributed by atoms with Crippen molar-refractivity contribution in [3.05, 3.63) is 169 Å². The summed E-state index contributed by atoms with van der Waals surface area (Å²) >= 11 is 3.24. The summed E-state index contributed by atoms with van der Waals surface area (Å²) in [4.78, 5) is 76.4. The van der Waals surface area contributed by atoms with Crippen molar-refractivity contribution in [1.82, 2.24) is 48.8 Å². The van der Waals surface area contributed by atoms with Crippen LogP contribution in [0.15, 0.2) is 97.6 Å². The number of aromatic nitrogens is 6. The molecule has 2 atom stereocenters. The third kappa shape index (κ3) is 12.0. The molecule has 8 aromatic rings. The molecule has 0 aliphatic carbocycles. The van der Waals surface area contributed by atoms with Crippen molar-refractivity contribution in [3.8, 4) is 12.1 Å². The van der Waals surface area contributed by atoms with Crippen molar-refractivity contribution in [3.63, 3.8) is 0 Å². The maximum Gasteiger partial charge on any atom is 0.356 e. The lowest BCUT2D eigenvalue weighted by molar-refractivity contribution is 0.0689. The summed E-state index contributed by atoms with van der Waals surface area (Å²) < 4.78 is 3.32. The molecule has 0 unspecified atom stereocenters. The van der Waals surface area contributed by atoms with Crippen LogP contribution in [0, 0.1) is 22.7 Å². The van der Waals surface area contributed by atoms with Crippen LogP contribution in [0.3, 0.4) is 0 Å². The largest absolute Gasteiger partial charge is 0.476 e. The molecule has 0 saturated carbocycles. The zero-order chi connectivity index (χ0) is 52.2. The average Bonchev–Trinajstić information content (AvgIpc) is 4.30. The van der Waals surface area contributed by atoms with E-state index in [1.165, 1.54) is 34.0 Å². The number of carbonyl (C=O) groups is 4.